The second-order valence-corrected chi connectivity index (χ2v) is 5.41. The summed E-state index contributed by atoms with van der Waals surface area (Å²) in [4.78, 5) is 0. The molecule has 1 unspecified atom stereocenters. The van der Waals surface area contributed by atoms with Crippen LogP contribution in [0.25, 0.3) is 0 Å². The Kier molecular flexibility index (Phi) is 6.27. The van der Waals surface area contributed by atoms with Gasteiger partial charge in [-0.05, 0) is 37.1 Å². The van der Waals surface area contributed by atoms with Crippen molar-refractivity contribution in [1.82, 2.24) is 5.32 Å². The summed E-state index contributed by atoms with van der Waals surface area (Å²) < 4.78 is 44.6. The lowest BCUT2D eigenvalue weighted by Gasteiger charge is -2.18. The average molecular weight is 301 g/mol. The van der Waals surface area contributed by atoms with E-state index in [-0.39, 0.29) is 5.75 Å². The molecular formula is C16H22F3NO. The quantitative estimate of drug-likeness (QED) is 0.753. The Morgan fingerprint density at radius 1 is 1.29 bits per heavy atom. The fourth-order valence-corrected chi connectivity index (χ4v) is 1.76. The molecule has 0 aliphatic rings. The van der Waals surface area contributed by atoms with Gasteiger partial charge in [-0.25, -0.2) is 0 Å². The van der Waals surface area contributed by atoms with Crippen molar-refractivity contribution in [3.05, 3.63) is 42.0 Å². The first-order valence-corrected chi connectivity index (χ1v) is 6.94. The van der Waals surface area contributed by atoms with Gasteiger partial charge in [-0.2, -0.15) is 13.2 Å². The van der Waals surface area contributed by atoms with Crippen molar-refractivity contribution in [1.29, 1.82) is 0 Å². The zero-order chi connectivity index (χ0) is 16.0. The Morgan fingerprint density at radius 2 is 1.95 bits per heavy atom. The molecule has 0 bridgehead atoms. The summed E-state index contributed by atoms with van der Waals surface area (Å²) in [7, 11) is 0. The number of benzene rings is 1. The van der Waals surface area contributed by atoms with Crippen molar-refractivity contribution in [2.24, 2.45) is 5.92 Å². The Morgan fingerprint density at radius 3 is 2.48 bits per heavy atom. The highest BCUT2D eigenvalue weighted by Gasteiger charge is 2.34. The molecule has 5 heteroatoms. The van der Waals surface area contributed by atoms with Crippen LogP contribution in [0.2, 0.25) is 0 Å². The zero-order valence-electron chi connectivity index (χ0n) is 12.6. The second kappa shape index (κ2) is 7.50. The first-order chi connectivity index (χ1) is 9.74. The van der Waals surface area contributed by atoms with Crippen molar-refractivity contribution in [3.8, 4) is 5.75 Å². The summed E-state index contributed by atoms with van der Waals surface area (Å²) in [6.07, 6.45) is -3.46. The molecule has 0 heterocycles. The summed E-state index contributed by atoms with van der Waals surface area (Å²) >= 11 is 0. The van der Waals surface area contributed by atoms with E-state index in [0.717, 1.165) is 12.6 Å². The third-order valence-electron chi connectivity index (χ3n) is 2.88. The summed E-state index contributed by atoms with van der Waals surface area (Å²) in [5, 5.41) is 3.13. The van der Waals surface area contributed by atoms with Crippen LogP contribution < -0.4 is 10.1 Å². The molecule has 1 aromatic carbocycles. The highest BCUT2D eigenvalue weighted by molar-refractivity contribution is 5.39. The van der Waals surface area contributed by atoms with Gasteiger partial charge in [0, 0.05) is 6.54 Å². The molecule has 0 aromatic heterocycles. The van der Waals surface area contributed by atoms with Crippen molar-refractivity contribution in [2.45, 2.75) is 39.6 Å². The van der Waals surface area contributed by atoms with E-state index in [9.17, 15) is 13.2 Å². The van der Waals surface area contributed by atoms with Crippen LogP contribution in [0.1, 0.15) is 31.9 Å². The third kappa shape index (κ3) is 5.79. The minimum atomic E-state index is -4.44. The smallest absolute Gasteiger partial charge is 0.419 e. The topological polar surface area (TPSA) is 21.3 Å². The molecular weight excluding hydrogens is 279 g/mol. The first-order valence-electron chi connectivity index (χ1n) is 6.94. The fourth-order valence-electron chi connectivity index (χ4n) is 1.76. The van der Waals surface area contributed by atoms with E-state index in [4.69, 9.17) is 4.74 Å². The molecule has 118 valence electrons. The number of rotatable bonds is 7. The Bertz CT molecular complexity index is 469. The van der Waals surface area contributed by atoms with Gasteiger partial charge in [0.1, 0.15) is 11.9 Å². The van der Waals surface area contributed by atoms with Crippen molar-refractivity contribution in [2.75, 3.05) is 6.54 Å². The number of ether oxygens (including phenoxy) is 1. The maximum atomic E-state index is 13.1. The van der Waals surface area contributed by atoms with E-state index in [1.807, 2.05) is 13.8 Å². The summed E-state index contributed by atoms with van der Waals surface area (Å²) in [5.74, 6) is 0.283. The number of hydrogen-bond donors (Lipinski definition) is 1. The summed E-state index contributed by atoms with van der Waals surface area (Å²) in [5.41, 5.74) is -0.165. The lowest BCUT2D eigenvalue weighted by atomic mass is 10.1. The fraction of sp³-hybridized carbons (Fsp3) is 0.500. The Balaban J connectivity index is 2.93. The predicted octanol–water partition coefficient (Wildman–Crippen LogP) is 4.40. The van der Waals surface area contributed by atoms with Gasteiger partial charge in [-0.1, -0.05) is 32.6 Å². The first kappa shape index (κ1) is 17.6. The normalized spacial score (nSPS) is 13.3. The molecule has 21 heavy (non-hydrogen) atoms. The second-order valence-electron chi connectivity index (χ2n) is 5.41. The number of alkyl halides is 3. The summed E-state index contributed by atoms with van der Waals surface area (Å²) in [6, 6.07) is 4.15. The van der Waals surface area contributed by atoms with E-state index < -0.39 is 17.8 Å². The van der Waals surface area contributed by atoms with Gasteiger partial charge < -0.3 is 10.1 Å². The predicted molar refractivity (Wildman–Crippen MR) is 78.3 cm³/mol. The van der Waals surface area contributed by atoms with Crippen molar-refractivity contribution >= 4 is 0 Å². The highest BCUT2D eigenvalue weighted by atomic mass is 19.4. The van der Waals surface area contributed by atoms with Gasteiger partial charge in [0.25, 0.3) is 0 Å². The molecule has 1 atom stereocenters. The van der Waals surface area contributed by atoms with Crippen molar-refractivity contribution in [3.63, 3.8) is 0 Å². The minimum absolute atomic E-state index is 0.164. The summed E-state index contributed by atoms with van der Waals surface area (Å²) in [6.45, 7) is 10.4. The van der Waals surface area contributed by atoms with E-state index in [1.165, 1.54) is 12.1 Å². The van der Waals surface area contributed by atoms with Crippen LogP contribution in [0, 0.1) is 5.92 Å². The van der Waals surface area contributed by atoms with Crippen LogP contribution in [-0.2, 0) is 12.7 Å². The Labute approximate surface area is 124 Å². The van der Waals surface area contributed by atoms with Gasteiger partial charge in [-0.15, -0.1) is 0 Å². The number of halogens is 3. The van der Waals surface area contributed by atoms with Gasteiger partial charge in [0.2, 0.25) is 0 Å². The molecule has 1 rings (SSSR count). The monoisotopic (exact) mass is 301 g/mol. The Hall–Kier alpha value is -1.49. The van der Waals surface area contributed by atoms with Gasteiger partial charge in [0.15, 0.2) is 0 Å². The molecule has 0 saturated carbocycles. The molecule has 2 nitrogen and oxygen atoms in total. The van der Waals surface area contributed by atoms with E-state index in [1.54, 1.807) is 13.0 Å². The van der Waals surface area contributed by atoms with Gasteiger partial charge in [0.05, 0.1) is 5.56 Å². The molecule has 0 fully saturated rings. The van der Waals surface area contributed by atoms with Crippen LogP contribution in [0.15, 0.2) is 30.9 Å². The minimum Gasteiger partial charge on any atom is -0.486 e. The number of nitrogens with one attached hydrogen (secondary N) is 1. The maximum absolute atomic E-state index is 13.1. The molecule has 0 amide bonds. The lowest BCUT2D eigenvalue weighted by molar-refractivity contribution is -0.139. The van der Waals surface area contributed by atoms with Crippen LogP contribution >= 0.6 is 0 Å². The van der Waals surface area contributed by atoms with Gasteiger partial charge >= 0.3 is 6.18 Å². The third-order valence-corrected chi connectivity index (χ3v) is 2.88. The molecule has 1 N–H and O–H groups in total. The van der Waals surface area contributed by atoms with E-state index >= 15 is 0 Å². The lowest BCUT2D eigenvalue weighted by Crippen LogP contribution is -2.20. The van der Waals surface area contributed by atoms with Crippen LogP contribution in [0.3, 0.4) is 0 Å². The highest BCUT2D eigenvalue weighted by Crippen LogP contribution is 2.37. The standard InChI is InChI=1S/C16H22F3NO/c1-5-12(4)21-15-7-6-13(10-20-9-11(2)3)8-14(15)16(17,18)19/h5-8,11-12,20H,1,9-10H2,2-4H3. The molecule has 1 aromatic rings. The SMILES string of the molecule is C=CC(C)Oc1ccc(CNCC(C)C)cc1C(F)(F)F. The van der Waals surface area contributed by atoms with Crippen LogP contribution in [0.4, 0.5) is 13.2 Å². The van der Waals surface area contributed by atoms with E-state index in [2.05, 4.69) is 11.9 Å². The van der Waals surface area contributed by atoms with E-state index in [0.29, 0.717) is 18.0 Å². The maximum Gasteiger partial charge on any atom is 0.419 e. The molecule has 0 radical (unpaired) electrons. The number of hydrogen-bond acceptors (Lipinski definition) is 2. The molecule has 0 saturated heterocycles. The molecule has 0 aliphatic heterocycles. The zero-order valence-corrected chi connectivity index (χ0v) is 12.6. The van der Waals surface area contributed by atoms with Crippen LogP contribution in [-0.4, -0.2) is 12.6 Å². The molecule has 0 spiro atoms. The average Bonchev–Trinajstić information content (AvgIpc) is 2.38. The molecule has 0 aliphatic carbocycles. The largest absolute Gasteiger partial charge is 0.486 e. The van der Waals surface area contributed by atoms with Gasteiger partial charge in [-0.3, -0.25) is 0 Å². The van der Waals surface area contributed by atoms with Crippen LogP contribution in [0.5, 0.6) is 5.75 Å². The van der Waals surface area contributed by atoms with Crippen molar-refractivity contribution < 1.29 is 17.9 Å².